The number of hydrogen-bond donors (Lipinski definition) is 2. The number of nitrogens with one attached hydrogen (secondary N) is 2. The summed E-state index contributed by atoms with van der Waals surface area (Å²) in [6, 6.07) is 7.81. The topological polar surface area (TPSA) is 59.0 Å². The van der Waals surface area contributed by atoms with Crippen LogP contribution in [0.3, 0.4) is 0 Å². The highest BCUT2D eigenvalue weighted by molar-refractivity contribution is 9.10. The number of nitrogens with zero attached hydrogens (tertiary/aromatic N) is 2. The Kier molecular flexibility index (Phi) is 6.43. The Labute approximate surface area is 156 Å². The van der Waals surface area contributed by atoms with E-state index in [1.807, 2.05) is 24.3 Å². The SMILES string of the molecule is CC1(CNC(=O)c2cnn(-c3ccc(Br)cc3)c2)CCNCC1.Cl. The van der Waals surface area contributed by atoms with E-state index in [1.54, 1.807) is 17.1 Å². The van der Waals surface area contributed by atoms with Crippen molar-refractivity contribution >= 4 is 34.2 Å². The number of aromatic nitrogens is 2. The molecule has 1 aromatic heterocycles. The summed E-state index contributed by atoms with van der Waals surface area (Å²) in [5.41, 5.74) is 1.70. The summed E-state index contributed by atoms with van der Waals surface area (Å²) in [6.45, 7) is 4.98. The van der Waals surface area contributed by atoms with Crippen molar-refractivity contribution in [1.29, 1.82) is 0 Å². The number of rotatable bonds is 4. The Balaban J connectivity index is 0.00000208. The maximum absolute atomic E-state index is 12.3. The van der Waals surface area contributed by atoms with Gasteiger partial charge in [0.15, 0.2) is 0 Å². The fourth-order valence-corrected chi connectivity index (χ4v) is 3.04. The van der Waals surface area contributed by atoms with Crippen LogP contribution in [-0.2, 0) is 0 Å². The zero-order valence-electron chi connectivity index (χ0n) is 13.6. The Bertz CT molecular complexity index is 680. The van der Waals surface area contributed by atoms with Crippen LogP contribution in [0.25, 0.3) is 5.69 Å². The second kappa shape index (κ2) is 8.14. The van der Waals surface area contributed by atoms with Crippen LogP contribution in [0, 0.1) is 5.41 Å². The van der Waals surface area contributed by atoms with Crippen molar-refractivity contribution in [2.75, 3.05) is 19.6 Å². The first-order chi connectivity index (χ1) is 11.1. The van der Waals surface area contributed by atoms with Gasteiger partial charge >= 0.3 is 0 Å². The molecule has 24 heavy (non-hydrogen) atoms. The Morgan fingerprint density at radius 3 is 2.67 bits per heavy atom. The molecule has 5 nitrogen and oxygen atoms in total. The first-order valence-corrected chi connectivity index (χ1v) is 8.65. The van der Waals surface area contributed by atoms with Crippen molar-refractivity contribution in [2.45, 2.75) is 19.8 Å². The molecular weight excluding hydrogens is 392 g/mol. The minimum atomic E-state index is -0.0619. The van der Waals surface area contributed by atoms with Crippen LogP contribution < -0.4 is 10.6 Å². The third-order valence-corrected chi connectivity index (χ3v) is 4.95. The molecule has 0 bridgehead atoms. The standard InChI is InChI=1S/C17H21BrN4O.ClH/c1-17(6-8-19-9-7-17)12-20-16(23)13-10-21-22(11-13)15-4-2-14(18)3-5-15;/h2-5,10-11,19H,6-9,12H2,1H3,(H,20,23);1H. The van der Waals surface area contributed by atoms with Crippen LogP contribution in [-0.4, -0.2) is 35.3 Å². The van der Waals surface area contributed by atoms with Gasteiger partial charge in [-0.25, -0.2) is 4.68 Å². The molecule has 7 heteroatoms. The molecule has 3 rings (SSSR count). The summed E-state index contributed by atoms with van der Waals surface area (Å²) >= 11 is 3.41. The number of benzene rings is 1. The predicted octanol–water partition coefficient (Wildman–Crippen LogP) is 3.18. The molecule has 0 atom stereocenters. The zero-order chi connectivity index (χ0) is 16.3. The van der Waals surface area contributed by atoms with Gasteiger partial charge in [0.1, 0.15) is 0 Å². The van der Waals surface area contributed by atoms with Gasteiger partial charge in [0.05, 0.1) is 17.4 Å². The fourth-order valence-electron chi connectivity index (χ4n) is 2.78. The summed E-state index contributed by atoms with van der Waals surface area (Å²) in [6.07, 6.45) is 5.56. The van der Waals surface area contributed by atoms with Gasteiger partial charge in [0, 0.05) is 17.2 Å². The molecule has 2 aromatic rings. The lowest BCUT2D eigenvalue weighted by atomic mass is 9.81. The number of hydrogen-bond acceptors (Lipinski definition) is 3. The minimum Gasteiger partial charge on any atom is -0.351 e. The molecule has 1 fully saturated rings. The molecule has 0 radical (unpaired) electrons. The van der Waals surface area contributed by atoms with Crippen molar-refractivity contribution in [3.8, 4) is 5.69 Å². The molecule has 0 unspecified atom stereocenters. The number of halogens is 2. The summed E-state index contributed by atoms with van der Waals surface area (Å²) in [5, 5.41) is 10.7. The lowest BCUT2D eigenvalue weighted by Gasteiger charge is -2.34. The van der Waals surface area contributed by atoms with Gasteiger partial charge in [0.2, 0.25) is 0 Å². The summed E-state index contributed by atoms with van der Waals surface area (Å²) < 4.78 is 2.73. The van der Waals surface area contributed by atoms with Gasteiger partial charge in [-0.3, -0.25) is 4.79 Å². The Morgan fingerprint density at radius 1 is 1.33 bits per heavy atom. The van der Waals surface area contributed by atoms with Gasteiger partial charge in [0.25, 0.3) is 5.91 Å². The van der Waals surface area contributed by atoms with E-state index in [4.69, 9.17) is 0 Å². The highest BCUT2D eigenvalue weighted by atomic mass is 79.9. The Morgan fingerprint density at radius 2 is 2.00 bits per heavy atom. The van der Waals surface area contributed by atoms with Crippen molar-refractivity contribution in [2.24, 2.45) is 5.41 Å². The smallest absolute Gasteiger partial charge is 0.254 e. The van der Waals surface area contributed by atoms with E-state index in [2.05, 4.69) is 38.6 Å². The van der Waals surface area contributed by atoms with E-state index in [1.165, 1.54) is 0 Å². The molecule has 1 amide bonds. The fraction of sp³-hybridized carbons (Fsp3) is 0.412. The summed E-state index contributed by atoms with van der Waals surface area (Å²) in [7, 11) is 0. The van der Waals surface area contributed by atoms with Gasteiger partial charge < -0.3 is 10.6 Å². The van der Waals surface area contributed by atoms with Gasteiger partial charge in [-0.1, -0.05) is 22.9 Å². The van der Waals surface area contributed by atoms with E-state index < -0.39 is 0 Å². The Hall–Kier alpha value is -1.37. The lowest BCUT2D eigenvalue weighted by molar-refractivity contribution is 0.0922. The third kappa shape index (κ3) is 4.59. The highest BCUT2D eigenvalue weighted by Gasteiger charge is 2.27. The molecule has 2 N–H and O–H groups in total. The maximum Gasteiger partial charge on any atom is 0.254 e. The average molecular weight is 414 g/mol. The quantitative estimate of drug-likeness (QED) is 0.809. The van der Waals surface area contributed by atoms with Gasteiger partial charge in [-0.15, -0.1) is 12.4 Å². The molecule has 130 valence electrons. The minimum absolute atomic E-state index is 0. The number of amides is 1. The first-order valence-electron chi connectivity index (χ1n) is 7.85. The molecule has 1 saturated heterocycles. The summed E-state index contributed by atoms with van der Waals surface area (Å²) in [4.78, 5) is 12.3. The van der Waals surface area contributed by atoms with Crippen LogP contribution in [0.5, 0.6) is 0 Å². The van der Waals surface area contributed by atoms with E-state index in [9.17, 15) is 4.79 Å². The average Bonchev–Trinajstić information content (AvgIpc) is 3.04. The van der Waals surface area contributed by atoms with E-state index in [-0.39, 0.29) is 23.7 Å². The largest absolute Gasteiger partial charge is 0.351 e. The van der Waals surface area contributed by atoms with Gasteiger partial charge in [-0.05, 0) is 55.6 Å². The molecule has 2 heterocycles. The molecule has 0 saturated carbocycles. The predicted molar refractivity (Wildman–Crippen MR) is 101 cm³/mol. The normalized spacial score (nSPS) is 16.2. The van der Waals surface area contributed by atoms with Crippen LogP contribution in [0.1, 0.15) is 30.1 Å². The second-order valence-electron chi connectivity index (χ2n) is 6.39. The van der Waals surface area contributed by atoms with Gasteiger partial charge in [-0.2, -0.15) is 5.10 Å². The third-order valence-electron chi connectivity index (χ3n) is 4.42. The first kappa shape index (κ1) is 19.0. The zero-order valence-corrected chi connectivity index (χ0v) is 16.0. The van der Waals surface area contributed by atoms with Crippen molar-refractivity contribution < 1.29 is 4.79 Å². The van der Waals surface area contributed by atoms with Crippen molar-refractivity contribution in [3.63, 3.8) is 0 Å². The monoisotopic (exact) mass is 412 g/mol. The maximum atomic E-state index is 12.3. The van der Waals surface area contributed by atoms with Crippen molar-refractivity contribution in [3.05, 3.63) is 46.7 Å². The van der Waals surface area contributed by atoms with E-state index >= 15 is 0 Å². The lowest BCUT2D eigenvalue weighted by Crippen LogP contribution is -2.42. The van der Waals surface area contributed by atoms with Crippen LogP contribution >= 0.6 is 28.3 Å². The number of carbonyl (C=O) groups is 1. The molecule has 0 aliphatic carbocycles. The van der Waals surface area contributed by atoms with E-state index in [0.717, 1.165) is 36.1 Å². The highest BCUT2D eigenvalue weighted by Crippen LogP contribution is 2.26. The summed E-state index contributed by atoms with van der Waals surface area (Å²) in [5.74, 6) is -0.0619. The number of piperidine rings is 1. The molecule has 0 spiro atoms. The van der Waals surface area contributed by atoms with Crippen LogP contribution in [0.2, 0.25) is 0 Å². The van der Waals surface area contributed by atoms with Crippen LogP contribution in [0.15, 0.2) is 41.1 Å². The van der Waals surface area contributed by atoms with Crippen LogP contribution in [0.4, 0.5) is 0 Å². The molecular formula is C17H22BrClN4O. The van der Waals surface area contributed by atoms with Crippen molar-refractivity contribution in [1.82, 2.24) is 20.4 Å². The molecule has 1 aromatic carbocycles. The second-order valence-corrected chi connectivity index (χ2v) is 7.31. The molecule has 1 aliphatic heterocycles. The molecule has 1 aliphatic rings. The number of carbonyl (C=O) groups excluding carboxylic acids is 1. The van der Waals surface area contributed by atoms with E-state index in [0.29, 0.717) is 12.1 Å².